The highest BCUT2D eigenvalue weighted by atomic mass is 16.5. The molecule has 0 atom stereocenters. The molecule has 3 aliphatic rings. The van der Waals surface area contributed by atoms with Gasteiger partial charge in [-0.25, -0.2) is 4.79 Å². The molecule has 172 valence electrons. The van der Waals surface area contributed by atoms with E-state index in [0.29, 0.717) is 25.9 Å². The van der Waals surface area contributed by atoms with Crippen LogP contribution in [0.2, 0.25) is 0 Å². The molecule has 1 aliphatic heterocycles. The van der Waals surface area contributed by atoms with E-state index in [2.05, 4.69) is 29.6 Å². The number of fused-ring (bicyclic) bond motifs is 3. The van der Waals surface area contributed by atoms with E-state index in [9.17, 15) is 14.4 Å². The molecule has 33 heavy (non-hydrogen) atoms. The van der Waals surface area contributed by atoms with Gasteiger partial charge in [-0.1, -0.05) is 61.4 Å². The Morgan fingerprint density at radius 1 is 0.970 bits per heavy atom. The predicted molar refractivity (Wildman–Crippen MR) is 122 cm³/mol. The molecular weight excluding hydrogens is 420 g/mol. The lowest BCUT2D eigenvalue weighted by Crippen LogP contribution is -2.63. The van der Waals surface area contributed by atoms with Crippen molar-refractivity contribution in [1.29, 1.82) is 0 Å². The number of nitrogens with one attached hydrogen (secondary N) is 1. The Bertz CT molecular complexity index is 1040. The van der Waals surface area contributed by atoms with Gasteiger partial charge in [0.2, 0.25) is 5.91 Å². The van der Waals surface area contributed by atoms with E-state index in [1.165, 1.54) is 11.1 Å². The quantitative estimate of drug-likeness (QED) is 0.701. The summed E-state index contributed by atoms with van der Waals surface area (Å²) in [6.45, 7) is 1.06. The number of amides is 2. The molecular formula is C26H28N2O5. The van der Waals surface area contributed by atoms with Crippen LogP contribution < -0.4 is 5.32 Å². The van der Waals surface area contributed by atoms with Gasteiger partial charge < -0.3 is 20.1 Å². The van der Waals surface area contributed by atoms with E-state index in [1.54, 1.807) is 4.90 Å². The third-order valence-electron chi connectivity index (χ3n) is 7.26. The van der Waals surface area contributed by atoms with Gasteiger partial charge in [0, 0.05) is 24.9 Å². The molecule has 0 radical (unpaired) electrons. The van der Waals surface area contributed by atoms with Crippen LogP contribution >= 0.6 is 0 Å². The monoisotopic (exact) mass is 448 g/mol. The maximum Gasteiger partial charge on any atom is 0.408 e. The second-order valence-corrected chi connectivity index (χ2v) is 9.41. The number of hydrogen-bond acceptors (Lipinski definition) is 4. The fourth-order valence-corrected chi connectivity index (χ4v) is 5.62. The Morgan fingerprint density at radius 3 is 2.12 bits per heavy atom. The van der Waals surface area contributed by atoms with Crippen molar-refractivity contribution in [3.8, 4) is 11.1 Å². The van der Waals surface area contributed by atoms with Gasteiger partial charge in [-0.05, 0) is 35.1 Å². The Morgan fingerprint density at radius 2 is 1.55 bits per heavy atom. The van der Waals surface area contributed by atoms with Gasteiger partial charge in [-0.3, -0.25) is 9.59 Å². The van der Waals surface area contributed by atoms with Crippen LogP contribution in [0, 0.1) is 5.92 Å². The SMILES string of the molecule is O=C(O)CC1CN(C(=O)C2(NC(=O)OCC3c4ccccc4-c4ccccc43)CCCC2)C1. The summed E-state index contributed by atoms with van der Waals surface area (Å²) in [6, 6.07) is 16.3. The third-order valence-corrected chi connectivity index (χ3v) is 7.26. The maximum absolute atomic E-state index is 13.2. The second-order valence-electron chi connectivity index (χ2n) is 9.41. The zero-order chi connectivity index (χ0) is 23.0. The first-order valence-electron chi connectivity index (χ1n) is 11.6. The molecule has 1 saturated carbocycles. The largest absolute Gasteiger partial charge is 0.481 e. The van der Waals surface area contributed by atoms with E-state index in [4.69, 9.17) is 9.84 Å². The summed E-state index contributed by atoms with van der Waals surface area (Å²) in [5.74, 6) is -1.01. The molecule has 0 bridgehead atoms. The Labute approximate surface area is 192 Å². The summed E-state index contributed by atoms with van der Waals surface area (Å²) >= 11 is 0. The number of benzene rings is 2. The first-order valence-corrected chi connectivity index (χ1v) is 11.6. The average Bonchev–Trinajstić information content (AvgIpc) is 3.37. The first kappa shape index (κ1) is 21.5. The minimum atomic E-state index is -0.948. The minimum absolute atomic E-state index is 0.0145. The lowest BCUT2D eigenvalue weighted by molar-refractivity contribution is -0.149. The molecule has 5 rings (SSSR count). The van der Waals surface area contributed by atoms with Gasteiger partial charge in [0.15, 0.2) is 0 Å². The second kappa shape index (κ2) is 8.54. The summed E-state index contributed by atoms with van der Waals surface area (Å²) in [7, 11) is 0. The number of hydrogen-bond donors (Lipinski definition) is 2. The summed E-state index contributed by atoms with van der Waals surface area (Å²) < 4.78 is 5.68. The summed E-state index contributed by atoms with van der Waals surface area (Å²) in [5.41, 5.74) is 3.67. The van der Waals surface area contributed by atoms with E-state index < -0.39 is 17.6 Å². The van der Waals surface area contributed by atoms with Crippen LogP contribution in [-0.4, -0.2) is 53.2 Å². The highest BCUT2D eigenvalue weighted by molar-refractivity contribution is 5.91. The van der Waals surface area contributed by atoms with Crippen molar-refractivity contribution in [1.82, 2.24) is 10.2 Å². The molecule has 2 fully saturated rings. The van der Waals surface area contributed by atoms with Crippen LogP contribution in [0.25, 0.3) is 11.1 Å². The smallest absolute Gasteiger partial charge is 0.408 e. The average molecular weight is 449 g/mol. The van der Waals surface area contributed by atoms with E-state index >= 15 is 0 Å². The van der Waals surface area contributed by atoms with Crippen molar-refractivity contribution >= 4 is 18.0 Å². The summed E-state index contributed by atoms with van der Waals surface area (Å²) in [4.78, 5) is 38.6. The Balaban J connectivity index is 1.24. The number of carboxylic acids is 1. The molecule has 7 heteroatoms. The fraction of sp³-hybridized carbons (Fsp3) is 0.423. The number of carbonyl (C=O) groups excluding carboxylic acids is 2. The minimum Gasteiger partial charge on any atom is -0.481 e. The fourth-order valence-electron chi connectivity index (χ4n) is 5.62. The number of carboxylic acid groups (broad SMARTS) is 1. The van der Waals surface area contributed by atoms with Crippen molar-refractivity contribution in [2.24, 2.45) is 5.92 Å². The highest BCUT2D eigenvalue weighted by Gasteiger charge is 2.48. The van der Waals surface area contributed by atoms with Crippen LogP contribution in [0.3, 0.4) is 0 Å². The molecule has 0 aromatic heterocycles. The standard InChI is InChI=1S/C26H28N2O5/c29-23(30)13-17-14-28(15-17)24(31)26(11-5-6-12-26)27-25(32)33-16-22-20-9-3-1-7-18(20)19-8-2-4-10-21(19)22/h1-4,7-10,17,22H,5-6,11-16H2,(H,27,32)(H,29,30). The molecule has 0 spiro atoms. The molecule has 1 heterocycles. The maximum atomic E-state index is 13.2. The zero-order valence-electron chi connectivity index (χ0n) is 18.5. The Hall–Kier alpha value is -3.35. The number of likely N-dealkylation sites (tertiary alicyclic amines) is 1. The molecule has 2 N–H and O–H groups in total. The van der Waals surface area contributed by atoms with E-state index in [-0.39, 0.29) is 30.8 Å². The van der Waals surface area contributed by atoms with Crippen LogP contribution in [0.1, 0.15) is 49.1 Å². The number of nitrogens with zero attached hydrogens (tertiary/aromatic N) is 1. The number of alkyl carbamates (subject to hydrolysis) is 1. The van der Waals surface area contributed by atoms with Gasteiger partial charge in [-0.2, -0.15) is 0 Å². The van der Waals surface area contributed by atoms with Gasteiger partial charge in [0.25, 0.3) is 0 Å². The number of ether oxygens (including phenoxy) is 1. The highest BCUT2D eigenvalue weighted by Crippen LogP contribution is 2.44. The van der Waals surface area contributed by atoms with Crippen LogP contribution in [0.15, 0.2) is 48.5 Å². The van der Waals surface area contributed by atoms with Crippen molar-refractivity contribution in [2.75, 3.05) is 19.7 Å². The van der Waals surface area contributed by atoms with Gasteiger partial charge in [0.05, 0.1) is 6.42 Å². The summed E-state index contributed by atoms with van der Waals surface area (Å²) in [6.07, 6.45) is 2.38. The predicted octanol–water partition coefficient (Wildman–Crippen LogP) is 3.77. The Kier molecular flexibility index (Phi) is 5.56. The van der Waals surface area contributed by atoms with Crippen molar-refractivity contribution in [2.45, 2.75) is 43.6 Å². The van der Waals surface area contributed by atoms with Gasteiger partial charge in [0.1, 0.15) is 12.1 Å². The van der Waals surface area contributed by atoms with Crippen LogP contribution in [0.5, 0.6) is 0 Å². The zero-order valence-corrected chi connectivity index (χ0v) is 18.5. The molecule has 2 aromatic carbocycles. The normalized spacial score (nSPS) is 18.8. The first-order chi connectivity index (χ1) is 16.0. The molecule has 1 saturated heterocycles. The van der Waals surface area contributed by atoms with Crippen LogP contribution in [0.4, 0.5) is 4.79 Å². The molecule has 7 nitrogen and oxygen atoms in total. The van der Waals surface area contributed by atoms with E-state index in [1.807, 2.05) is 24.3 Å². The molecule has 2 amide bonds. The van der Waals surface area contributed by atoms with Crippen molar-refractivity contribution in [3.05, 3.63) is 59.7 Å². The van der Waals surface area contributed by atoms with Crippen molar-refractivity contribution in [3.63, 3.8) is 0 Å². The van der Waals surface area contributed by atoms with E-state index in [0.717, 1.165) is 24.0 Å². The number of aliphatic carboxylic acids is 1. The van der Waals surface area contributed by atoms with Gasteiger partial charge in [-0.15, -0.1) is 0 Å². The lowest BCUT2D eigenvalue weighted by Gasteiger charge is -2.43. The molecule has 2 aromatic rings. The summed E-state index contributed by atoms with van der Waals surface area (Å²) in [5, 5.41) is 11.8. The lowest BCUT2D eigenvalue weighted by atomic mass is 9.89. The number of rotatable bonds is 6. The van der Waals surface area contributed by atoms with Crippen LogP contribution in [-0.2, 0) is 14.3 Å². The number of carbonyl (C=O) groups is 3. The topological polar surface area (TPSA) is 95.9 Å². The van der Waals surface area contributed by atoms with Crippen molar-refractivity contribution < 1.29 is 24.2 Å². The molecule has 2 aliphatic carbocycles. The third kappa shape index (κ3) is 3.96. The van der Waals surface area contributed by atoms with Gasteiger partial charge >= 0.3 is 12.1 Å². The molecule has 0 unspecified atom stereocenters.